The van der Waals surface area contributed by atoms with Gasteiger partial charge in [0.2, 0.25) is 0 Å². The minimum atomic E-state index is -0.156. The number of anilines is 1. The normalized spacial score (nSPS) is 16.2. The number of nitrogens with zero attached hydrogens (tertiary/aromatic N) is 2. The second-order valence-corrected chi connectivity index (χ2v) is 8.30. The second-order valence-electron chi connectivity index (χ2n) is 8.30. The van der Waals surface area contributed by atoms with Crippen LogP contribution >= 0.6 is 12.4 Å². The average Bonchev–Trinajstić information content (AvgIpc) is 3.24. The van der Waals surface area contributed by atoms with Gasteiger partial charge in [-0.1, -0.05) is 36.8 Å². The number of rotatable bonds is 10. The van der Waals surface area contributed by atoms with Gasteiger partial charge in [0.1, 0.15) is 0 Å². The number of ether oxygens (including phenoxy) is 1. The van der Waals surface area contributed by atoms with Crippen molar-refractivity contribution in [2.75, 3.05) is 38.7 Å². The summed E-state index contributed by atoms with van der Waals surface area (Å²) in [4.78, 5) is 14.6. The number of hydrogen-bond donors (Lipinski definition) is 2. The topological polar surface area (TPSA) is 70.2 Å². The Morgan fingerprint density at radius 2 is 1.97 bits per heavy atom. The molecule has 1 aliphatic heterocycles. The highest BCUT2D eigenvalue weighted by Gasteiger charge is 2.23. The predicted octanol–water partition coefficient (Wildman–Crippen LogP) is 4.70. The zero-order valence-corrected chi connectivity index (χ0v) is 19.5. The van der Waals surface area contributed by atoms with Gasteiger partial charge in [0, 0.05) is 36.3 Å². The standard InChI is InChI=1S/C25H32N4O2.ClH/c1-31-18-21-11-8-16-29(21)15-6-2-5-14-26-20-10-7-9-19(17-20)24-22-12-3-4-13-23(22)25(30)28-27-24;/h3-4,7,9-10,12-13,17,21,26H,2,5-6,8,11,14-16,18H2,1H3,(H,28,30);1H/t21-;/m1./s1. The maximum atomic E-state index is 12.1. The summed E-state index contributed by atoms with van der Waals surface area (Å²) in [5, 5.41) is 12.0. The van der Waals surface area contributed by atoms with Crippen molar-refractivity contribution in [2.45, 2.75) is 38.1 Å². The molecule has 1 fully saturated rings. The van der Waals surface area contributed by atoms with Crippen LogP contribution in [0.1, 0.15) is 32.1 Å². The summed E-state index contributed by atoms with van der Waals surface area (Å²) in [6.45, 7) is 4.20. The molecule has 0 amide bonds. The van der Waals surface area contributed by atoms with E-state index in [-0.39, 0.29) is 18.0 Å². The fourth-order valence-electron chi connectivity index (χ4n) is 4.53. The molecular weight excluding hydrogens is 424 g/mol. The second kappa shape index (κ2) is 12.0. The molecule has 0 aliphatic carbocycles. The minimum Gasteiger partial charge on any atom is -0.385 e. The quantitative estimate of drug-likeness (QED) is 0.432. The van der Waals surface area contributed by atoms with E-state index in [1.165, 1.54) is 38.8 Å². The maximum absolute atomic E-state index is 12.1. The van der Waals surface area contributed by atoms with Crippen molar-refractivity contribution < 1.29 is 4.74 Å². The minimum absolute atomic E-state index is 0. The smallest absolute Gasteiger partial charge is 0.272 e. The number of methoxy groups -OCH3 is 1. The Balaban J connectivity index is 0.00000289. The lowest BCUT2D eigenvalue weighted by Crippen LogP contribution is -2.33. The average molecular weight is 457 g/mol. The molecule has 172 valence electrons. The van der Waals surface area contributed by atoms with E-state index in [2.05, 4.69) is 32.5 Å². The van der Waals surface area contributed by atoms with Gasteiger partial charge in [-0.05, 0) is 57.0 Å². The van der Waals surface area contributed by atoms with Crippen molar-refractivity contribution in [3.05, 3.63) is 58.9 Å². The summed E-state index contributed by atoms with van der Waals surface area (Å²) >= 11 is 0. The summed E-state index contributed by atoms with van der Waals surface area (Å²) in [5.74, 6) is 0. The molecule has 2 N–H and O–H groups in total. The van der Waals surface area contributed by atoms with Crippen LogP contribution in [0.2, 0.25) is 0 Å². The molecule has 2 heterocycles. The van der Waals surface area contributed by atoms with E-state index < -0.39 is 0 Å². The van der Waals surface area contributed by atoms with E-state index in [1.54, 1.807) is 7.11 Å². The third kappa shape index (κ3) is 5.88. The molecule has 1 atom stereocenters. The van der Waals surface area contributed by atoms with Crippen LogP contribution in [-0.2, 0) is 4.74 Å². The number of H-pyrrole nitrogens is 1. The first-order valence-corrected chi connectivity index (χ1v) is 11.3. The third-order valence-corrected chi connectivity index (χ3v) is 6.14. The number of nitrogens with one attached hydrogen (secondary N) is 2. The number of likely N-dealkylation sites (tertiary alicyclic amines) is 1. The van der Waals surface area contributed by atoms with E-state index in [9.17, 15) is 4.79 Å². The summed E-state index contributed by atoms with van der Waals surface area (Å²) in [6, 6.07) is 16.5. The number of aromatic nitrogens is 2. The van der Waals surface area contributed by atoms with Gasteiger partial charge >= 0.3 is 0 Å². The highest BCUT2D eigenvalue weighted by Crippen LogP contribution is 2.26. The monoisotopic (exact) mass is 456 g/mol. The molecule has 1 saturated heterocycles. The molecule has 0 spiro atoms. The van der Waals surface area contributed by atoms with Crippen LogP contribution < -0.4 is 10.9 Å². The van der Waals surface area contributed by atoms with Crippen molar-refractivity contribution in [2.24, 2.45) is 0 Å². The summed E-state index contributed by atoms with van der Waals surface area (Å²) in [6.07, 6.45) is 6.16. The molecule has 6 nitrogen and oxygen atoms in total. The summed E-state index contributed by atoms with van der Waals surface area (Å²) in [7, 11) is 1.80. The molecule has 0 unspecified atom stereocenters. The predicted molar refractivity (Wildman–Crippen MR) is 134 cm³/mol. The fourth-order valence-corrected chi connectivity index (χ4v) is 4.53. The molecule has 2 aromatic carbocycles. The van der Waals surface area contributed by atoms with E-state index in [1.807, 2.05) is 36.4 Å². The van der Waals surface area contributed by atoms with Crippen LogP contribution in [0.3, 0.4) is 0 Å². The van der Waals surface area contributed by atoms with E-state index in [0.717, 1.165) is 41.9 Å². The van der Waals surface area contributed by atoms with Crippen LogP contribution in [0.5, 0.6) is 0 Å². The Morgan fingerprint density at radius 3 is 2.81 bits per heavy atom. The highest BCUT2D eigenvalue weighted by atomic mass is 35.5. The first-order valence-electron chi connectivity index (χ1n) is 11.3. The van der Waals surface area contributed by atoms with Crippen molar-refractivity contribution in [3.8, 4) is 11.3 Å². The summed E-state index contributed by atoms with van der Waals surface area (Å²) in [5.41, 5.74) is 2.72. The first-order chi connectivity index (χ1) is 15.3. The fraction of sp³-hybridized carbons (Fsp3) is 0.440. The molecule has 1 aromatic heterocycles. The Morgan fingerprint density at radius 1 is 1.12 bits per heavy atom. The van der Waals surface area contributed by atoms with Crippen molar-refractivity contribution in [3.63, 3.8) is 0 Å². The van der Waals surface area contributed by atoms with Gasteiger partial charge in [0.05, 0.1) is 17.7 Å². The van der Waals surface area contributed by atoms with Crippen LogP contribution in [0.25, 0.3) is 22.0 Å². The number of unbranched alkanes of at least 4 members (excludes halogenated alkanes) is 2. The van der Waals surface area contributed by atoms with Gasteiger partial charge in [-0.3, -0.25) is 9.69 Å². The van der Waals surface area contributed by atoms with Gasteiger partial charge < -0.3 is 10.1 Å². The largest absolute Gasteiger partial charge is 0.385 e. The van der Waals surface area contributed by atoms with Crippen molar-refractivity contribution >= 4 is 28.9 Å². The number of fused-ring (bicyclic) bond motifs is 1. The molecule has 0 radical (unpaired) electrons. The maximum Gasteiger partial charge on any atom is 0.272 e. The van der Waals surface area contributed by atoms with Crippen LogP contribution in [-0.4, -0.2) is 54.5 Å². The number of halogens is 1. The Kier molecular flexibility index (Phi) is 9.09. The Labute approximate surface area is 195 Å². The molecule has 4 rings (SSSR count). The van der Waals surface area contributed by atoms with Crippen LogP contribution in [0.15, 0.2) is 53.3 Å². The van der Waals surface area contributed by atoms with Gasteiger partial charge in [-0.15, -0.1) is 12.4 Å². The van der Waals surface area contributed by atoms with Gasteiger partial charge in [0.25, 0.3) is 5.56 Å². The van der Waals surface area contributed by atoms with Crippen LogP contribution in [0.4, 0.5) is 5.69 Å². The Hall–Kier alpha value is -2.41. The molecule has 0 bridgehead atoms. The molecule has 0 saturated carbocycles. The molecule has 3 aromatic rings. The lowest BCUT2D eigenvalue weighted by molar-refractivity contribution is 0.114. The number of hydrogen-bond acceptors (Lipinski definition) is 5. The molecule has 32 heavy (non-hydrogen) atoms. The third-order valence-electron chi connectivity index (χ3n) is 6.14. The van der Waals surface area contributed by atoms with Gasteiger partial charge in [0.15, 0.2) is 0 Å². The lowest BCUT2D eigenvalue weighted by atomic mass is 10.0. The van der Waals surface area contributed by atoms with Crippen LogP contribution in [0, 0.1) is 0 Å². The SMILES string of the molecule is COC[C@H]1CCCN1CCCCCNc1cccc(-c2n[nH]c(=O)c3ccccc23)c1.Cl. The zero-order valence-electron chi connectivity index (χ0n) is 18.7. The Bertz CT molecular complexity index is 1060. The van der Waals surface area contributed by atoms with Crippen molar-refractivity contribution in [1.29, 1.82) is 0 Å². The van der Waals surface area contributed by atoms with E-state index >= 15 is 0 Å². The van der Waals surface area contributed by atoms with E-state index in [4.69, 9.17) is 4.74 Å². The van der Waals surface area contributed by atoms with Crippen molar-refractivity contribution in [1.82, 2.24) is 15.1 Å². The zero-order chi connectivity index (χ0) is 21.5. The van der Waals surface area contributed by atoms with Gasteiger partial charge in [-0.2, -0.15) is 5.10 Å². The highest BCUT2D eigenvalue weighted by molar-refractivity contribution is 5.94. The molecular formula is C25H33ClN4O2. The lowest BCUT2D eigenvalue weighted by Gasteiger charge is -2.23. The number of aromatic amines is 1. The van der Waals surface area contributed by atoms with Gasteiger partial charge in [-0.25, -0.2) is 5.10 Å². The molecule has 7 heteroatoms. The number of benzene rings is 2. The van der Waals surface area contributed by atoms with E-state index in [0.29, 0.717) is 11.4 Å². The molecule has 1 aliphatic rings. The first kappa shape index (κ1) is 24.2. The summed E-state index contributed by atoms with van der Waals surface area (Å²) < 4.78 is 5.35.